The van der Waals surface area contributed by atoms with Crippen LogP contribution in [0, 0.1) is 0 Å². The van der Waals surface area contributed by atoms with Crippen molar-refractivity contribution in [3.63, 3.8) is 0 Å². The van der Waals surface area contributed by atoms with Crippen LogP contribution in [0.15, 0.2) is 0 Å². The van der Waals surface area contributed by atoms with Crippen LogP contribution in [-0.4, -0.2) is 6.69 Å². The molecule has 0 radical (unpaired) electrons. The molecule has 0 amide bonds. The normalized spacial score (nSPS) is 12.8. The van der Waals surface area contributed by atoms with Crippen molar-refractivity contribution in [2.75, 3.05) is 0 Å². The molecule has 0 aromatic heterocycles. The summed E-state index contributed by atoms with van der Waals surface area (Å²) in [6, 6.07) is 1.05. The lowest BCUT2D eigenvalue weighted by Gasteiger charge is -2.31. The van der Waals surface area contributed by atoms with Gasteiger partial charge in [0.25, 0.3) is 6.69 Å². The summed E-state index contributed by atoms with van der Waals surface area (Å²) in [5.41, 5.74) is 0. The maximum Gasteiger partial charge on any atom is 0.256 e. The molecular weight excluding hydrogens is 339 g/mol. The Morgan fingerprint density at radius 1 is 0.565 bits per heavy atom. The summed E-state index contributed by atoms with van der Waals surface area (Å²) < 4.78 is 0. The molecule has 0 aliphatic heterocycles. The zero-order valence-electron chi connectivity index (χ0n) is 16.4. The van der Waals surface area contributed by atoms with E-state index >= 15 is 0 Å². The molecule has 23 heavy (non-hydrogen) atoms. The van der Waals surface area contributed by atoms with Gasteiger partial charge in [0.2, 0.25) is 0 Å². The highest BCUT2D eigenvalue weighted by Gasteiger charge is 2.41. The molecule has 0 N–H and O–H groups in total. The third kappa shape index (κ3) is 13.7. The van der Waals surface area contributed by atoms with Crippen molar-refractivity contribution in [2.45, 2.75) is 129 Å². The van der Waals surface area contributed by atoms with Crippen molar-refractivity contribution < 1.29 is 0 Å². The first-order valence-corrected chi connectivity index (χ1v) is 14.4. The standard InChI is InChI=1S/C20H42Cl2Si/c1-5-6-7-8-9-10-11-12-13-14-15-16-17-18-19-23(21,22)20(2,3)4/h5-19H2,1-4H3. The molecule has 0 nitrogen and oxygen atoms in total. The molecule has 0 saturated heterocycles. The summed E-state index contributed by atoms with van der Waals surface area (Å²) in [6.45, 7) is 6.77. The van der Waals surface area contributed by atoms with Crippen LogP contribution in [0.3, 0.4) is 0 Å². The first-order chi connectivity index (χ1) is 10.8. The van der Waals surface area contributed by atoms with Crippen LogP contribution in [0.5, 0.6) is 0 Å². The molecule has 140 valence electrons. The summed E-state index contributed by atoms with van der Waals surface area (Å²) >= 11 is 13.1. The second-order valence-electron chi connectivity index (χ2n) is 8.30. The van der Waals surface area contributed by atoms with Crippen molar-refractivity contribution in [3.8, 4) is 0 Å². The fourth-order valence-electron chi connectivity index (χ4n) is 2.92. The van der Waals surface area contributed by atoms with Gasteiger partial charge in [-0.1, -0.05) is 118 Å². The molecule has 0 atom stereocenters. The van der Waals surface area contributed by atoms with Gasteiger partial charge in [0.15, 0.2) is 0 Å². The van der Waals surface area contributed by atoms with Gasteiger partial charge in [-0.2, -0.15) is 0 Å². The van der Waals surface area contributed by atoms with Gasteiger partial charge in [0, 0.05) is 0 Å². The average Bonchev–Trinajstić information content (AvgIpc) is 2.46. The maximum absolute atomic E-state index is 6.57. The first-order valence-electron chi connectivity index (χ1n) is 10.2. The number of halogens is 2. The van der Waals surface area contributed by atoms with Crippen LogP contribution >= 0.6 is 22.2 Å². The molecule has 3 heteroatoms. The summed E-state index contributed by atoms with van der Waals surface area (Å²) in [5, 5.41) is 0.104. The highest BCUT2D eigenvalue weighted by atomic mass is 35.7. The van der Waals surface area contributed by atoms with Gasteiger partial charge in [-0.05, 0) is 11.1 Å². The van der Waals surface area contributed by atoms with E-state index in [1.54, 1.807) is 0 Å². The summed E-state index contributed by atoms with van der Waals surface area (Å²) in [5.74, 6) is 0. The zero-order valence-corrected chi connectivity index (χ0v) is 18.9. The van der Waals surface area contributed by atoms with E-state index in [4.69, 9.17) is 22.2 Å². The van der Waals surface area contributed by atoms with Gasteiger partial charge in [-0.3, -0.25) is 0 Å². The summed E-state index contributed by atoms with van der Waals surface area (Å²) in [6.07, 6.45) is 19.6. The number of unbranched alkanes of at least 4 members (excludes halogenated alkanes) is 13. The third-order valence-electron chi connectivity index (χ3n) is 4.94. The monoisotopic (exact) mass is 380 g/mol. The Kier molecular flexibility index (Phi) is 14.5. The SMILES string of the molecule is CCCCCCCCCCCCCCCC[Si](Cl)(Cl)C(C)(C)C. The molecule has 0 bridgehead atoms. The zero-order chi connectivity index (χ0) is 17.6. The highest BCUT2D eigenvalue weighted by molar-refractivity contribution is 7.46. The van der Waals surface area contributed by atoms with E-state index in [0.717, 1.165) is 6.04 Å². The fraction of sp³-hybridized carbons (Fsp3) is 1.00. The molecular formula is C20H42Cl2Si. The smallest absolute Gasteiger partial charge is 0.145 e. The predicted molar refractivity (Wildman–Crippen MR) is 112 cm³/mol. The lowest BCUT2D eigenvalue weighted by atomic mass is 10.0. The lowest BCUT2D eigenvalue weighted by molar-refractivity contribution is 0.538. The van der Waals surface area contributed by atoms with Crippen LogP contribution in [0.25, 0.3) is 0 Å². The minimum absolute atomic E-state index is 0.104. The van der Waals surface area contributed by atoms with Crippen molar-refractivity contribution in [1.29, 1.82) is 0 Å². The van der Waals surface area contributed by atoms with Gasteiger partial charge in [-0.25, -0.2) is 0 Å². The number of rotatable bonds is 15. The summed E-state index contributed by atoms with van der Waals surface area (Å²) in [7, 11) is 0. The minimum atomic E-state index is -2.06. The summed E-state index contributed by atoms with van der Waals surface area (Å²) in [4.78, 5) is 0. The Balaban J connectivity index is 3.25. The second-order valence-corrected chi connectivity index (χ2v) is 16.2. The van der Waals surface area contributed by atoms with Gasteiger partial charge >= 0.3 is 0 Å². The van der Waals surface area contributed by atoms with E-state index in [9.17, 15) is 0 Å². The van der Waals surface area contributed by atoms with Crippen LogP contribution in [0.4, 0.5) is 0 Å². The number of hydrogen-bond acceptors (Lipinski definition) is 0. The molecule has 0 aliphatic rings. The second kappa shape index (κ2) is 14.0. The van der Waals surface area contributed by atoms with E-state index in [0.29, 0.717) is 0 Å². The Labute approximate surface area is 157 Å². The van der Waals surface area contributed by atoms with Crippen LogP contribution < -0.4 is 0 Å². The van der Waals surface area contributed by atoms with Crippen molar-refractivity contribution in [3.05, 3.63) is 0 Å². The molecule has 0 spiro atoms. The topological polar surface area (TPSA) is 0 Å². The van der Waals surface area contributed by atoms with Gasteiger partial charge in [0.1, 0.15) is 0 Å². The van der Waals surface area contributed by atoms with Crippen LogP contribution in [-0.2, 0) is 0 Å². The predicted octanol–water partition coefficient (Wildman–Crippen LogP) is 9.19. The molecule has 0 heterocycles. The molecule has 0 aromatic rings. The van der Waals surface area contributed by atoms with E-state index in [-0.39, 0.29) is 5.04 Å². The van der Waals surface area contributed by atoms with E-state index < -0.39 is 6.69 Å². The van der Waals surface area contributed by atoms with Gasteiger partial charge in [0.05, 0.1) is 0 Å². The molecule has 0 rings (SSSR count). The molecule has 0 aromatic carbocycles. The molecule has 0 aliphatic carbocycles. The fourth-order valence-corrected chi connectivity index (χ4v) is 5.16. The Hall–Kier alpha value is 0.797. The Bertz CT molecular complexity index is 259. The van der Waals surface area contributed by atoms with Gasteiger partial charge in [-0.15, -0.1) is 22.2 Å². The largest absolute Gasteiger partial charge is 0.256 e. The van der Waals surface area contributed by atoms with Crippen molar-refractivity contribution in [2.24, 2.45) is 0 Å². The third-order valence-corrected chi connectivity index (χ3v) is 12.7. The molecule has 0 saturated carbocycles. The minimum Gasteiger partial charge on any atom is -0.145 e. The Morgan fingerprint density at radius 3 is 1.17 bits per heavy atom. The molecule has 0 unspecified atom stereocenters. The average molecular weight is 382 g/mol. The van der Waals surface area contributed by atoms with E-state index in [2.05, 4.69) is 27.7 Å². The van der Waals surface area contributed by atoms with Crippen molar-refractivity contribution >= 4 is 28.9 Å². The van der Waals surface area contributed by atoms with Crippen LogP contribution in [0.2, 0.25) is 11.1 Å². The van der Waals surface area contributed by atoms with Gasteiger partial charge < -0.3 is 0 Å². The van der Waals surface area contributed by atoms with Crippen LogP contribution in [0.1, 0.15) is 118 Å². The Morgan fingerprint density at radius 2 is 0.870 bits per heavy atom. The lowest BCUT2D eigenvalue weighted by Crippen LogP contribution is -2.31. The quantitative estimate of drug-likeness (QED) is 0.151. The van der Waals surface area contributed by atoms with E-state index in [1.165, 1.54) is 89.9 Å². The number of hydrogen-bond donors (Lipinski definition) is 0. The maximum atomic E-state index is 6.57. The van der Waals surface area contributed by atoms with Crippen molar-refractivity contribution in [1.82, 2.24) is 0 Å². The first kappa shape index (κ1) is 23.8. The highest BCUT2D eigenvalue weighted by Crippen LogP contribution is 2.45. The van der Waals surface area contributed by atoms with E-state index in [1.807, 2.05) is 0 Å². The molecule has 0 fully saturated rings.